The molecule has 0 aliphatic carbocycles. The molecule has 6 heteroatoms. The van der Waals surface area contributed by atoms with Crippen LogP contribution in [-0.4, -0.2) is 57.1 Å². The standard InChI is InChI=1S/C23H38N4O2/c1-3-24-22(26-17-23(10-14-28)11-15-29-18-23)25-16-20-4-6-21(7-5-20)27-12-8-19(2)9-13-27/h4-7,19,28H,3,8-18H2,1-2H3,(H2,24,25,26). The summed E-state index contributed by atoms with van der Waals surface area (Å²) in [5.41, 5.74) is 2.55. The van der Waals surface area contributed by atoms with Crippen LogP contribution in [0, 0.1) is 11.3 Å². The maximum Gasteiger partial charge on any atom is 0.191 e. The van der Waals surface area contributed by atoms with Crippen LogP contribution in [0.15, 0.2) is 29.3 Å². The molecule has 29 heavy (non-hydrogen) atoms. The number of anilines is 1. The fourth-order valence-corrected chi connectivity index (χ4v) is 4.17. The highest BCUT2D eigenvalue weighted by Gasteiger charge is 2.34. The number of aliphatic hydroxyl groups is 1. The molecule has 1 aromatic rings. The number of nitrogens with zero attached hydrogens (tertiary/aromatic N) is 2. The molecule has 2 saturated heterocycles. The summed E-state index contributed by atoms with van der Waals surface area (Å²) in [6, 6.07) is 8.84. The van der Waals surface area contributed by atoms with Crippen molar-refractivity contribution in [3.05, 3.63) is 29.8 Å². The van der Waals surface area contributed by atoms with Crippen molar-refractivity contribution >= 4 is 11.6 Å². The summed E-state index contributed by atoms with van der Waals surface area (Å²) in [4.78, 5) is 7.25. The predicted octanol–water partition coefficient (Wildman–Crippen LogP) is 2.77. The molecule has 1 aromatic carbocycles. The average molecular weight is 403 g/mol. The zero-order valence-electron chi connectivity index (χ0n) is 18.1. The van der Waals surface area contributed by atoms with Crippen molar-refractivity contribution < 1.29 is 9.84 Å². The molecule has 0 saturated carbocycles. The van der Waals surface area contributed by atoms with Crippen LogP contribution in [0.1, 0.15) is 45.1 Å². The van der Waals surface area contributed by atoms with Gasteiger partial charge in [0.05, 0.1) is 13.2 Å². The van der Waals surface area contributed by atoms with Gasteiger partial charge in [-0.3, -0.25) is 0 Å². The first-order valence-corrected chi connectivity index (χ1v) is 11.2. The zero-order valence-corrected chi connectivity index (χ0v) is 18.1. The Kier molecular flexibility index (Phi) is 8.19. The van der Waals surface area contributed by atoms with Gasteiger partial charge in [0.25, 0.3) is 0 Å². The molecule has 1 atom stereocenters. The predicted molar refractivity (Wildman–Crippen MR) is 119 cm³/mol. The third-order valence-electron chi connectivity index (χ3n) is 6.31. The van der Waals surface area contributed by atoms with E-state index in [1.54, 1.807) is 0 Å². The number of hydrogen-bond donors (Lipinski definition) is 3. The Morgan fingerprint density at radius 3 is 2.62 bits per heavy atom. The van der Waals surface area contributed by atoms with E-state index in [0.717, 1.165) is 57.5 Å². The second-order valence-corrected chi connectivity index (χ2v) is 8.66. The molecular formula is C23H38N4O2. The van der Waals surface area contributed by atoms with E-state index in [2.05, 4.69) is 53.6 Å². The van der Waals surface area contributed by atoms with Crippen molar-refractivity contribution in [2.75, 3.05) is 50.9 Å². The maximum atomic E-state index is 9.41. The third-order valence-corrected chi connectivity index (χ3v) is 6.31. The number of rotatable bonds is 8. The molecular weight excluding hydrogens is 364 g/mol. The Labute approximate surface area is 175 Å². The molecule has 1 unspecified atom stereocenters. The fourth-order valence-electron chi connectivity index (χ4n) is 4.17. The Bertz CT molecular complexity index is 633. The minimum absolute atomic E-state index is 0.0124. The monoisotopic (exact) mass is 402 g/mol. The summed E-state index contributed by atoms with van der Waals surface area (Å²) in [7, 11) is 0. The molecule has 3 rings (SSSR count). The number of benzene rings is 1. The molecule has 2 fully saturated rings. The topological polar surface area (TPSA) is 69.1 Å². The van der Waals surface area contributed by atoms with Gasteiger partial charge in [-0.2, -0.15) is 0 Å². The normalized spacial score (nSPS) is 23.4. The van der Waals surface area contributed by atoms with Crippen molar-refractivity contribution in [1.29, 1.82) is 0 Å². The van der Waals surface area contributed by atoms with Gasteiger partial charge >= 0.3 is 0 Å². The fraction of sp³-hybridized carbons (Fsp3) is 0.696. The summed E-state index contributed by atoms with van der Waals surface area (Å²) in [5, 5.41) is 16.2. The number of piperidine rings is 1. The van der Waals surface area contributed by atoms with E-state index in [0.29, 0.717) is 13.2 Å². The van der Waals surface area contributed by atoms with Gasteiger partial charge in [0, 0.05) is 50.5 Å². The minimum Gasteiger partial charge on any atom is -0.396 e. The van der Waals surface area contributed by atoms with E-state index in [1.165, 1.54) is 24.1 Å². The van der Waals surface area contributed by atoms with Crippen LogP contribution in [0.2, 0.25) is 0 Å². The third kappa shape index (κ3) is 6.34. The molecule has 3 N–H and O–H groups in total. The van der Waals surface area contributed by atoms with E-state index in [9.17, 15) is 5.11 Å². The largest absolute Gasteiger partial charge is 0.396 e. The molecule has 0 amide bonds. The summed E-state index contributed by atoms with van der Waals surface area (Å²) in [5.74, 6) is 1.68. The van der Waals surface area contributed by atoms with Gasteiger partial charge in [0.15, 0.2) is 5.96 Å². The van der Waals surface area contributed by atoms with Crippen molar-refractivity contribution in [2.24, 2.45) is 16.3 Å². The number of aliphatic hydroxyl groups excluding tert-OH is 1. The number of nitrogens with one attached hydrogen (secondary N) is 2. The van der Waals surface area contributed by atoms with Crippen LogP contribution >= 0.6 is 0 Å². The highest BCUT2D eigenvalue weighted by atomic mass is 16.5. The smallest absolute Gasteiger partial charge is 0.191 e. The lowest BCUT2D eigenvalue weighted by atomic mass is 9.84. The number of hydrogen-bond acceptors (Lipinski definition) is 4. The average Bonchev–Trinajstić information content (AvgIpc) is 3.20. The molecule has 2 heterocycles. The Morgan fingerprint density at radius 2 is 2.00 bits per heavy atom. The molecule has 0 aromatic heterocycles. The van der Waals surface area contributed by atoms with Gasteiger partial charge in [0.1, 0.15) is 0 Å². The molecule has 0 radical (unpaired) electrons. The molecule has 0 spiro atoms. The first kappa shape index (κ1) is 21.9. The second kappa shape index (κ2) is 10.8. The van der Waals surface area contributed by atoms with E-state index < -0.39 is 0 Å². The number of guanidine groups is 1. The van der Waals surface area contributed by atoms with Crippen LogP contribution in [0.4, 0.5) is 5.69 Å². The Balaban J connectivity index is 1.55. The van der Waals surface area contributed by atoms with Crippen LogP contribution in [0.3, 0.4) is 0 Å². The summed E-state index contributed by atoms with van der Waals surface area (Å²) in [6.07, 6.45) is 4.31. The highest BCUT2D eigenvalue weighted by Crippen LogP contribution is 2.31. The van der Waals surface area contributed by atoms with Crippen LogP contribution in [0.25, 0.3) is 0 Å². The number of aliphatic imine (C=N–C) groups is 1. The highest BCUT2D eigenvalue weighted by molar-refractivity contribution is 5.79. The lowest BCUT2D eigenvalue weighted by Gasteiger charge is -2.32. The van der Waals surface area contributed by atoms with Crippen molar-refractivity contribution in [3.8, 4) is 0 Å². The van der Waals surface area contributed by atoms with Gasteiger partial charge in [-0.25, -0.2) is 4.99 Å². The summed E-state index contributed by atoms with van der Waals surface area (Å²) < 4.78 is 5.59. The second-order valence-electron chi connectivity index (χ2n) is 8.66. The van der Waals surface area contributed by atoms with Crippen molar-refractivity contribution in [2.45, 2.75) is 46.1 Å². The first-order valence-electron chi connectivity index (χ1n) is 11.2. The molecule has 2 aliphatic rings. The zero-order chi connectivity index (χ0) is 20.5. The van der Waals surface area contributed by atoms with E-state index in [-0.39, 0.29) is 12.0 Å². The van der Waals surface area contributed by atoms with E-state index in [1.807, 2.05) is 0 Å². The SMILES string of the molecule is CCNC(=NCc1ccc(N2CCC(C)CC2)cc1)NCC1(CCO)CCOC1. The van der Waals surface area contributed by atoms with E-state index in [4.69, 9.17) is 9.73 Å². The summed E-state index contributed by atoms with van der Waals surface area (Å²) >= 11 is 0. The van der Waals surface area contributed by atoms with Gasteiger partial charge < -0.3 is 25.4 Å². The van der Waals surface area contributed by atoms with Crippen molar-refractivity contribution in [1.82, 2.24) is 10.6 Å². The number of ether oxygens (including phenoxy) is 1. The molecule has 2 aliphatic heterocycles. The Morgan fingerprint density at radius 1 is 1.24 bits per heavy atom. The van der Waals surface area contributed by atoms with Gasteiger partial charge in [-0.05, 0) is 56.2 Å². The lowest BCUT2D eigenvalue weighted by molar-refractivity contribution is 0.127. The minimum atomic E-state index is 0.0124. The lowest BCUT2D eigenvalue weighted by Crippen LogP contribution is -2.44. The van der Waals surface area contributed by atoms with Crippen molar-refractivity contribution in [3.63, 3.8) is 0 Å². The Hall–Kier alpha value is -1.79. The van der Waals surface area contributed by atoms with Crippen LogP contribution < -0.4 is 15.5 Å². The van der Waals surface area contributed by atoms with Gasteiger partial charge in [-0.15, -0.1) is 0 Å². The summed E-state index contributed by atoms with van der Waals surface area (Å²) in [6.45, 7) is 10.7. The quantitative estimate of drug-likeness (QED) is 0.461. The maximum absolute atomic E-state index is 9.41. The van der Waals surface area contributed by atoms with E-state index >= 15 is 0 Å². The van der Waals surface area contributed by atoms with Crippen LogP contribution in [0.5, 0.6) is 0 Å². The molecule has 0 bridgehead atoms. The van der Waals surface area contributed by atoms with Gasteiger partial charge in [0.2, 0.25) is 0 Å². The van der Waals surface area contributed by atoms with Gasteiger partial charge in [-0.1, -0.05) is 19.1 Å². The molecule has 162 valence electrons. The first-order chi connectivity index (χ1) is 14.1. The molecule has 6 nitrogen and oxygen atoms in total. The van der Waals surface area contributed by atoms with Crippen LogP contribution in [-0.2, 0) is 11.3 Å².